The van der Waals surface area contributed by atoms with Gasteiger partial charge in [0.15, 0.2) is 5.11 Å². The van der Waals surface area contributed by atoms with Gasteiger partial charge in [0.1, 0.15) is 23.3 Å². The average Bonchev–Trinajstić information content (AvgIpc) is 3.67. The molecule has 2 aromatic heterocycles. The molecule has 0 amide bonds. The number of rotatable bonds is 6. The van der Waals surface area contributed by atoms with Gasteiger partial charge in [-0.15, -0.1) is 0 Å². The van der Waals surface area contributed by atoms with Crippen molar-refractivity contribution in [2.45, 2.75) is 50.8 Å². The van der Waals surface area contributed by atoms with Gasteiger partial charge >= 0.3 is 0 Å². The number of halogens is 1. The number of pyridine rings is 1. The van der Waals surface area contributed by atoms with Crippen molar-refractivity contribution in [3.8, 4) is 17.1 Å². The zero-order valence-electron chi connectivity index (χ0n) is 20.6. The van der Waals surface area contributed by atoms with Crippen LogP contribution in [0.5, 0.6) is 5.75 Å². The summed E-state index contributed by atoms with van der Waals surface area (Å²) in [6, 6.07) is 23.7. The lowest BCUT2D eigenvalue weighted by Crippen LogP contribution is -2.29. The summed E-state index contributed by atoms with van der Waals surface area (Å²) in [6.45, 7) is 1.99. The standard InChI is InChI=1S/C30H28ClN3O2S/c1-19-9-10-20(18-24(19)31)26-15-16-27(36-26)29-28(25-8-4-5-17-32-25)33-30(37)34(29)21-11-13-23(14-12-21)35-22-6-2-3-7-22/h4-5,8-18,22,28-29H,2-3,6-7H2,1H3,(H,33,37). The van der Waals surface area contributed by atoms with Gasteiger partial charge < -0.3 is 19.4 Å². The molecule has 1 saturated carbocycles. The van der Waals surface area contributed by atoms with Crippen LogP contribution >= 0.6 is 23.8 Å². The molecule has 1 aliphatic carbocycles. The number of hydrogen-bond donors (Lipinski definition) is 1. The van der Waals surface area contributed by atoms with Gasteiger partial charge in [0.05, 0.1) is 17.8 Å². The zero-order chi connectivity index (χ0) is 25.4. The average molecular weight is 530 g/mol. The van der Waals surface area contributed by atoms with Gasteiger partial charge in [-0.3, -0.25) is 4.98 Å². The lowest BCUT2D eigenvalue weighted by atomic mass is 10.0. The Hall–Kier alpha value is -3.35. The van der Waals surface area contributed by atoms with Crippen LogP contribution in [0.15, 0.2) is 83.4 Å². The molecule has 0 bridgehead atoms. The number of ether oxygens (including phenoxy) is 1. The Morgan fingerprint density at radius 3 is 2.57 bits per heavy atom. The molecular formula is C30H28ClN3O2S. The first-order valence-electron chi connectivity index (χ1n) is 12.7. The van der Waals surface area contributed by atoms with Crippen LogP contribution in [0.2, 0.25) is 5.02 Å². The van der Waals surface area contributed by atoms with Crippen LogP contribution in [0.25, 0.3) is 11.3 Å². The largest absolute Gasteiger partial charge is 0.490 e. The fraction of sp³-hybridized carbons (Fsp3) is 0.267. The highest BCUT2D eigenvalue weighted by molar-refractivity contribution is 7.80. The molecule has 1 saturated heterocycles. The predicted molar refractivity (Wildman–Crippen MR) is 151 cm³/mol. The molecule has 2 fully saturated rings. The van der Waals surface area contributed by atoms with E-state index in [1.54, 1.807) is 6.20 Å². The maximum atomic E-state index is 6.46. The number of benzene rings is 2. The summed E-state index contributed by atoms with van der Waals surface area (Å²) in [5, 5.41) is 4.83. The van der Waals surface area contributed by atoms with Crippen molar-refractivity contribution in [2.75, 3.05) is 4.90 Å². The molecule has 2 unspecified atom stereocenters. The second-order valence-electron chi connectivity index (χ2n) is 9.68. The molecule has 7 heteroatoms. The van der Waals surface area contributed by atoms with E-state index in [1.807, 2.05) is 67.6 Å². The number of aromatic nitrogens is 1. The fourth-order valence-electron chi connectivity index (χ4n) is 5.22. The van der Waals surface area contributed by atoms with Gasteiger partial charge in [-0.25, -0.2) is 0 Å². The Bertz CT molecular complexity index is 1400. The highest BCUT2D eigenvalue weighted by atomic mass is 35.5. The van der Waals surface area contributed by atoms with Crippen LogP contribution in [-0.4, -0.2) is 16.2 Å². The van der Waals surface area contributed by atoms with E-state index in [2.05, 4.69) is 27.3 Å². The summed E-state index contributed by atoms with van der Waals surface area (Å²) in [5.41, 5.74) is 3.83. The van der Waals surface area contributed by atoms with Crippen molar-refractivity contribution >= 4 is 34.6 Å². The molecule has 0 radical (unpaired) electrons. The number of furan rings is 1. The molecule has 2 aliphatic rings. The molecule has 1 aliphatic heterocycles. The minimum absolute atomic E-state index is 0.177. The van der Waals surface area contributed by atoms with Crippen LogP contribution in [0.1, 0.15) is 54.8 Å². The fourth-order valence-corrected chi connectivity index (χ4v) is 5.75. The summed E-state index contributed by atoms with van der Waals surface area (Å²) in [6.07, 6.45) is 6.86. The molecule has 0 spiro atoms. The van der Waals surface area contributed by atoms with Crippen LogP contribution in [-0.2, 0) is 0 Å². The first-order chi connectivity index (χ1) is 18.1. The minimum Gasteiger partial charge on any atom is -0.490 e. The number of anilines is 1. The number of nitrogens with one attached hydrogen (secondary N) is 1. The van der Waals surface area contributed by atoms with Gasteiger partial charge in [-0.05, 0) is 105 Å². The van der Waals surface area contributed by atoms with E-state index in [4.69, 9.17) is 33.0 Å². The van der Waals surface area contributed by atoms with Gasteiger partial charge in [0.25, 0.3) is 0 Å². The van der Waals surface area contributed by atoms with Gasteiger partial charge in [0.2, 0.25) is 0 Å². The van der Waals surface area contributed by atoms with E-state index >= 15 is 0 Å². The van der Waals surface area contributed by atoms with Crippen LogP contribution in [0, 0.1) is 6.92 Å². The Morgan fingerprint density at radius 2 is 1.84 bits per heavy atom. The molecule has 4 aromatic rings. The Morgan fingerprint density at radius 1 is 1.03 bits per heavy atom. The third kappa shape index (κ3) is 4.83. The smallest absolute Gasteiger partial charge is 0.174 e. The molecule has 2 atom stereocenters. The van der Waals surface area contributed by atoms with Gasteiger partial charge in [-0.2, -0.15) is 0 Å². The van der Waals surface area contributed by atoms with E-state index in [0.29, 0.717) is 16.2 Å². The number of aryl methyl sites for hydroxylation is 1. The summed E-state index contributed by atoms with van der Waals surface area (Å²) >= 11 is 12.2. The monoisotopic (exact) mass is 529 g/mol. The molecule has 5 nitrogen and oxygen atoms in total. The Labute approximate surface area is 227 Å². The van der Waals surface area contributed by atoms with Crippen molar-refractivity contribution < 1.29 is 9.15 Å². The summed E-state index contributed by atoms with van der Waals surface area (Å²) in [5.74, 6) is 2.44. The molecule has 37 heavy (non-hydrogen) atoms. The quantitative estimate of drug-likeness (QED) is 0.257. The lowest BCUT2D eigenvalue weighted by Gasteiger charge is -2.26. The molecule has 6 rings (SSSR count). The normalized spacial score (nSPS) is 19.8. The van der Waals surface area contributed by atoms with Crippen molar-refractivity contribution in [1.82, 2.24) is 10.3 Å². The van der Waals surface area contributed by atoms with Crippen molar-refractivity contribution in [3.05, 3.63) is 101 Å². The van der Waals surface area contributed by atoms with E-state index in [0.717, 1.165) is 52.6 Å². The third-order valence-corrected chi connectivity index (χ3v) is 7.91. The summed E-state index contributed by atoms with van der Waals surface area (Å²) < 4.78 is 12.6. The van der Waals surface area contributed by atoms with E-state index in [9.17, 15) is 0 Å². The topological polar surface area (TPSA) is 50.5 Å². The molecule has 1 N–H and O–H groups in total. The lowest BCUT2D eigenvalue weighted by molar-refractivity contribution is 0.210. The van der Waals surface area contributed by atoms with Gasteiger partial charge in [0, 0.05) is 22.5 Å². The van der Waals surface area contributed by atoms with E-state index < -0.39 is 0 Å². The highest BCUT2D eigenvalue weighted by Gasteiger charge is 2.42. The first kappa shape index (κ1) is 24.0. The number of hydrogen-bond acceptors (Lipinski definition) is 4. The molecule has 188 valence electrons. The van der Waals surface area contributed by atoms with Crippen LogP contribution < -0.4 is 15.0 Å². The summed E-state index contributed by atoms with van der Waals surface area (Å²) in [7, 11) is 0. The molecular weight excluding hydrogens is 502 g/mol. The van der Waals surface area contributed by atoms with E-state index in [1.165, 1.54) is 12.8 Å². The number of thiocarbonyl (C=S) groups is 1. The SMILES string of the molecule is Cc1ccc(-c2ccc(C3C(c4ccccn4)NC(=S)N3c3ccc(OC4CCCC4)cc3)o2)cc1Cl. The van der Waals surface area contributed by atoms with Crippen molar-refractivity contribution in [1.29, 1.82) is 0 Å². The van der Waals surface area contributed by atoms with E-state index in [-0.39, 0.29) is 12.1 Å². The Balaban J connectivity index is 1.35. The Kier molecular flexibility index (Phi) is 6.61. The second-order valence-corrected chi connectivity index (χ2v) is 10.5. The molecule has 2 aromatic carbocycles. The first-order valence-corrected chi connectivity index (χ1v) is 13.5. The maximum Gasteiger partial charge on any atom is 0.174 e. The maximum absolute atomic E-state index is 6.46. The van der Waals surface area contributed by atoms with Crippen LogP contribution in [0.4, 0.5) is 5.69 Å². The highest BCUT2D eigenvalue weighted by Crippen LogP contribution is 2.43. The van der Waals surface area contributed by atoms with Crippen molar-refractivity contribution in [3.63, 3.8) is 0 Å². The third-order valence-electron chi connectivity index (χ3n) is 7.19. The van der Waals surface area contributed by atoms with Crippen LogP contribution in [0.3, 0.4) is 0 Å². The second kappa shape index (κ2) is 10.2. The molecule has 3 heterocycles. The summed E-state index contributed by atoms with van der Waals surface area (Å²) in [4.78, 5) is 6.74. The zero-order valence-corrected chi connectivity index (χ0v) is 22.1. The van der Waals surface area contributed by atoms with Gasteiger partial charge in [-0.1, -0.05) is 29.8 Å². The number of nitrogens with zero attached hydrogens (tertiary/aromatic N) is 2. The minimum atomic E-state index is -0.223. The van der Waals surface area contributed by atoms with Crippen molar-refractivity contribution in [2.24, 2.45) is 0 Å². The predicted octanol–water partition coefficient (Wildman–Crippen LogP) is 7.80.